The Morgan fingerprint density at radius 1 is 1.27 bits per heavy atom. The van der Waals surface area contributed by atoms with E-state index in [4.69, 9.17) is 4.74 Å². The van der Waals surface area contributed by atoms with E-state index in [1.165, 1.54) is 42.8 Å². The lowest BCUT2D eigenvalue weighted by Gasteiger charge is -2.33. The molecule has 1 atom stereocenters. The molecule has 0 spiro atoms. The van der Waals surface area contributed by atoms with Crippen LogP contribution in [0.1, 0.15) is 12.8 Å². The number of anilines is 2. The van der Waals surface area contributed by atoms with E-state index in [-0.39, 0.29) is 18.0 Å². The van der Waals surface area contributed by atoms with Gasteiger partial charge < -0.3 is 15.4 Å². The first-order chi connectivity index (χ1) is 14.2. The van der Waals surface area contributed by atoms with Gasteiger partial charge in [0.25, 0.3) is 10.2 Å². The third-order valence-electron chi connectivity index (χ3n) is 4.48. The number of carbonyl (C=O) groups is 1. The van der Waals surface area contributed by atoms with Gasteiger partial charge in [0.05, 0.1) is 18.4 Å². The maximum absolute atomic E-state index is 14.1. The molecule has 1 aliphatic heterocycles. The number of hydrogen-bond acceptors (Lipinski definition) is 5. The molecule has 3 rings (SSSR count). The van der Waals surface area contributed by atoms with E-state index in [9.17, 15) is 17.6 Å². The van der Waals surface area contributed by atoms with Gasteiger partial charge in [-0.2, -0.15) is 17.0 Å². The molecule has 9 nitrogen and oxygen atoms in total. The number of piperidine rings is 1. The predicted molar refractivity (Wildman–Crippen MR) is 111 cm³/mol. The Balaban J connectivity index is 1.65. The number of rotatable bonds is 6. The number of carbonyl (C=O) groups excluding carboxylic acids is 1. The number of aromatic nitrogens is 1. The summed E-state index contributed by atoms with van der Waals surface area (Å²) in [4.78, 5) is 16.0. The van der Waals surface area contributed by atoms with Crippen molar-refractivity contribution in [3.05, 3.63) is 48.5 Å². The second-order valence-corrected chi connectivity index (χ2v) is 9.17. The molecule has 1 aromatic heterocycles. The molecule has 2 amide bonds. The molecule has 2 heterocycles. The summed E-state index contributed by atoms with van der Waals surface area (Å²) in [6.07, 6.45) is 3.91. The zero-order valence-electron chi connectivity index (χ0n) is 16.7. The third-order valence-corrected chi connectivity index (χ3v) is 6.39. The highest BCUT2D eigenvalue weighted by molar-refractivity contribution is 7.86. The molecular formula is C19H24FN5O4S. The number of urea groups is 1. The molecule has 11 heteroatoms. The Kier molecular flexibility index (Phi) is 6.85. The van der Waals surface area contributed by atoms with Crippen molar-refractivity contribution in [3.8, 4) is 5.75 Å². The highest BCUT2D eigenvalue weighted by Crippen LogP contribution is 2.25. The van der Waals surface area contributed by atoms with Crippen molar-refractivity contribution in [3.63, 3.8) is 0 Å². The van der Waals surface area contributed by atoms with E-state index >= 15 is 0 Å². The first kappa shape index (κ1) is 21.9. The van der Waals surface area contributed by atoms with Crippen molar-refractivity contribution >= 4 is 27.6 Å². The number of halogens is 1. The molecule has 0 bridgehead atoms. The van der Waals surface area contributed by atoms with Crippen LogP contribution in [0.15, 0.2) is 42.7 Å². The summed E-state index contributed by atoms with van der Waals surface area (Å²) < 4.78 is 47.1. The van der Waals surface area contributed by atoms with Gasteiger partial charge in [-0.3, -0.25) is 4.98 Å². The third kappa shape index (κ3) is 5.65. The van der Waals surface area contributed by atoms with Gasteiger partial charge in [0.15, 0.2) is 0 Å². The van der Waals surface area contributed by atoms with Crippen LogP contribution >= 0.6 is 0 Å². The van der Waals surface area contributed by atoms with Crippen molar-refractivity contribution in [2.75, 3.05) is 37.8 Å². The van der Waals surface area contributed by atoms with Gasteiger partial charge in [0, 0.05) is 44.7 Å². The molecular weight excluding hydrogens is 413 g/mol. The van der Waals surface area contributed by atoms with Gasteiger partial charge in [-0.1, -0.05) is 0 Å². The van der Waals surface area contributed by atoms with E-state index in [2.05, 4.69) is 15.6 Å². The Hall–Kier alpha value is -2.76. The van der Waals surface area contributed by atoms with Gasteiger partial charge in [0.1, 0.15) is 17.7 Å². The Morgan fingerprint density at radius 3 is 2.73 bits per heavy atom. The minimum Gasteiger partial charge on any atom is -0.489 e. The minimum absolute atomic E-state index is 0.168. The summed E-state index contributed by atoms with van der Waals surface area (Å²) in [6, 6.07) is 6.64. The maximum Gasteiger partial charge on any atom is 0.323 e. The molecule has 0 aliphatic carbocycles. The fourth-order valence-corrected chi connectivity index (χ4v) is 4.24. The zero-order chi connectivity index (χ0) is 21.7. The number of nitrogens with one attached hydrogen (secondary N) is 2. The van der Waals surface area contributed by atoms with Crippen LogP contribution in [0.2, 0.25) is 0 Å². The summed E-state index contributed by atoms with van der Waals surface area (Å²) in [5.74, 6) is -0.376. The van der Waals surface area contributed by atoms with Crippen LogP contribution in [0.3, 0.4) is 0 Å². The molecule has 1 aliphatic rings. The average Bonchev–Trinajstić information content (AvgIpc) is 2.68. The number of benzene rings is 1. The predicted octanol–water partition coefficient (Wildman–Crippen LogP) is 2.51. The standard InChI is InChI=1S/C19H24FN5O4S/c1-24(2)30(27,28)25-8-4-6-17(13-25)29-18-10-14(20)9-16(11-18)23-19(26)22-15-5-3-7-21-12-15/h3,5,7,9-12,17H,4,6,8,13H2,1-2H3,(H2,22,23,26)/t17-/m1/s1. The summed E-state index contributed by atoms with van der Waals surface area (Å²) in [5.41, 5.74) is 0.701. The van der Waals surface area contributed by atoms with Gasteiger partial charge in [-0.05, 0) is 31.0 Å². The van der Waals surface area contributed by atoms with Crippen molar-refractivity contribution < 1.29 is 22.3 Å². The topological polar surface area (TPSA) is 104 Å². The van der Waals surface area contributed by atoms with Gasteiger partial charge in [0.2, 0.25) is 0 Å². The SMILES string of the molecule is CN(C)S(=O)(=O)N1CCC[C@@H](Oc2cc(F)cc(NC(=O)Nc3cccnc3)c2)C1. The summed E-state index contributed by atoms with van der Waals surface area (Å²) in [6.45, 7) is 0.576. The van der Waals surface area contributed by atoms with Gasteiger partial charge >= 0.3 is 6.03 Å². The van der Waals surface area contributed by atoms with Crippen molar-refractivity contribution in [1.29, 1.82) is 0 Å². The van der Waals surface area contributed by atoms with Crippen LogP contribution in [-0.2, 0) is 10.2 Å². The van der Waals surface area contributed by atoms with Gasteiger partial charge in [-0.15, -0.1) is 0 Å². The minimum atomic E-state index is -3.54. The van der Waals surface area contributed by atoms with Crippen molar-refractivity contribution in [2.24, 2.45) is 0 Å². The molecule has 0 saturated carbocycles. The van der Waals surface area contributed by atoms with Crippen LogP contribution in [-0.4, -0.2) is 61.3 Å². The lowest BCUT2D eigenvalue weighted by Crippen LogP contribution is -2.48. The highest BCUT2D eigenvalue weighted by Gasteiger charge is 2.31. The summed E-state index contributed by atoms with van der Waals surface area (Å²) >= 11 is 0. The van der Waals surface area contributed by atoms with Crippen LogP contribution in [0.25, 0.3) is 0 Å². The molecule has 1 fully saturated rings. The monoisotopic (exact) mass is 437 g/mol. The van der Waals surface area contributed by atoms with E-state index in [0.717, 1.165) is 4.31 Å². The Morgan fingerprint density at radius 2 is 2.03 bits per heavy atom. The van der Waals surface area contributed by atoms with Crippen LogP contribution < -0.4 is 15.4 Å². The van der Waals surface area contributed by atoms with E-state index < -0.39 is 28.2 Å². The molecule has 30 heavy (non-hydrogen) atoms. The maximum atomic E-state index is 14.1. The number of hydrogen-bond donors (Lipinski definition) is 2. The summed E-state index contributed by atoms with van der Waals surface area (Å²) in [5, 5.41) is 5.14. The largest absolute Gasteiger partial charge is 0.489 e. The second kappa shape index (κ2) is 9.37. The molecule has 0 unspecified atom stereocenters. The Bertz CT molecular complexity index is 988. The fourth-order valence-electron chi connectivity index (χ4n) is 3.07. The average molecular weight is 437 g/mol. The quantitative estimate of drug-likeness (QED) is 0.723. The molecule has 162 valence electrons. The molecule has 1 saturated heterocycles. The van der Waals surface area contributed by atoms with Gasteiger partial charge in [-0.25, -0.2) is 9.18 Å². The molecule has 1 aromatic carbocycles. The molecule has 2 N–H and O–H groups in total. The molecule has 0 radical (unpaired) electrons. The number of ether oxygens (including phenoxy) is 1. The molecule has 2 aromatic rings. The van der Waals surface area contributed by atoms with E-state index in [1.54, 1.807) is 18.3 Å². The Labute approximate surface area is 175 Å². The summed E-state index contributed by atoms with van der Waals surface area (Å²) in [7, 11) is -0.599. The first-order valence-corrected chi connectivity index (χ1v) is 10.8. The van der Waals surface area contributed by atoms with Crippen LogP contribution in [0.5, 0.6) is 5.75 Å². The van der Waals surface area contributed by atoms with Crippen molar-refractivity contribution in [1.82, 2.24) is 13.6 Å². The lowest BCUT2D eigenvalue weighted by molar-refractivity contribution is 0.127. The van der Waals surface area contributed by atoms with Crippen molar-refractivity contribution in [2.45, 2.75) is 18.9 Å². The first-order valence-electron chi connectivity index (χ1n) is 9.37. The number of pyridine rings is 1. The van der Waals surface area contributed by atoms with Crippen LogP contribution in [0, 0.1) is 5.82 Å². The van der Waals surface area contributed by atoms with Crippen LogP contribution in [0.4, 0.5) is 20.6 Å². The van der Waals surface area contributed by atoms with E-state index in [1.807, 2.05) is 0 Å². The van der Waals surface area contributed by atoms with E-state index in [0.29, 0.717) is 25.1 Å². The fraction of sp³-hybridized carbons (Fsp3) is 0.368. The highest BCUT2D eigenvalue weighted by atomic mass is 32.2. The second-order valence-electron chi connectivity index (χ2n) is 7.03. The number of nitrogens with zero attached hydrogens (tertiary/aromatic N) is 3. The normalized spacial score (nSPS) is 17.5. The zero-order valence-corrected chi connectivity index (χ0v) is 17.5. The smallest absolute Gasteiger partial charge is 0.323 e. The lowest BCUT2D eigenvalue weighted by atomic mass is 10.1. The number of amides is 2.